The Hall–Kier alpha value is -3.55. The molecule has 0 saturated heterocycles. The highest BCUT2D eigenvalue weighted by atomic mass is 16.2. The third-order valence-corrected chi connectivity index (χ3v) is 4.83. The van der Waals surface area contributed by atoms with Gasteiger partial charge in [-0.3, -0.25) is 10.3 Å². The summed E-state index contributed by atoms with van der Waals surface area (Å²) in [7, 11) is 0. The van der Waals surface area contributed by atoms with Crippen molar-refractivity contribution in [1.82, 2.24) is 29.6 Å². The van der Waals surface area contributed by atoms with E-state index >= 15 is 0 Å². The lowest BCUT2D eigenvalue weighted by Crippen LogP contribution is -2.38. The van der Waals surface area contributed by atoms with Gasteiger partial charge in [-0.15, -0.1) is 10.2 Å². The van der Waals surface area contributed by atoms with E-state index in [0.717, 1.165) is 17.6 Å². The summed E-state index contributed by atoms with van der Waals surface area (Å²) >= 11 is 0. The monoisotopic (exact) mass is 389 g/mol. The smallest absolute Gasteiger partial charge is 0.320 e. The van der Waals surface area contributed by atoms with Crippen LogP contribution in [0.15, 0.2) is 55.1 Å². The van der Waals surface area contributed by atoms with Crippen LogP contribution in [0.2, 0.25) is 0 Å². The molecule has 4 heterocycles. The van der Waals surface area contributed by atoms with Gasteiger partial charge in [0.05, 0.1) is 0 Å². The van der Waals surface area contributed by atoms with Gasteiger partial charge in [-0.05, 0) is 55.7 Å². The number of urea groups is 1. The fourth-order valence-corrected chi connectivity index (χ4v) is 3.31. The van der Waals surface area contributed by atoms with Gasteiger partial charge in [0, 0.05) is 31.5 Å². The van der Waals surface area contributed by atoms with E-state index in [0.29, 0.717) is 30.4 Å². The van der Waals surface area contributed by atoms with Crippen LogP contribution in [0.3, 0.4) is 0 Å². The van der Waals surface area contributed by atoms with Crippen molar-refractivity contribution in [2.75, 3.05) is 18.4 Å². The van der Waals surface area contributed by atoms with Crippen LogP contribution < -0.4 is 5.32 Å². The molecule has 1 aliphatic heterocycles. The van der Waals surface area contributed by atoms with Gasteiger partial charge in [0.25, 0.3) is 0 Å². The normalized spacial score (nSPS) is 14.0. The highest BCUT2D eigenvalue weighted by Crippen LogP contribution is 2.22. The number of nitrogens with one attached hydrogen (secondary N) is 1. The van der Waals surface area contributed by atoms with Crippen molar-refractivity contribution in [2.24, 2.45) is 0 Å². The largest absolute Gasteiger partial charge is 0.323 e. The van der Waals surface area contributed by atoms with Crippen LogP contribution in [-0.4, -0.2) is 48.8 Å². The van der Waals surface area contributed by atoms with Crippen molar-refractivity contribution < 1.29 is 4.79 Å². The van der Waals surface area contributed by atoms with Gasteiger partial charge in [-0.1, -0.05) is 12.1 Å². The number of carbonyl (C=O) groups is 1. The third kappa shape index (κ3) is 4.16. The molecule has 0 saturated carbocycles. The molecule has 3 aromatic rings. The molecular formula is C21H23N7O. The molecule has 29 heavy (non-hydrogen) atoms. The Morgan fingerprint density at radius 3 is 2.79 bits per heavy atom. The van der Waals surface area contributed by atoms with Crippen LogP contribution in [0.4, 0.5) is 10.6 Å². The molecule has 0 radical (unpaired) electrons. The van der Waals surface area contributed by atoms with E-state index < -0.39 is 0 Å². The van der Waals surface area contributed by atoms with E-state index in [2.05, 4.69) is 45.4 Å². The summed E-state index contributed by atoms with van der Waals surface area (Å²) in [6.45, 7) is 5.34. The highest BCUT2D eigenvalue weighted by molar-refractivity contribution is 5.90. The fourth-order valence-electron chi connectivity index (χ4n) is 3.31. The molecule has 0 atom stereocenters. The van der Waals surface area contributed by atoms with Gasteiger partial charge in [0.15, 0.2) is 5.82 Å². The lowest BCUT2D eigenvalue weighted by Gasteiger charge is -2.27. The second-order valence-corrected chi connectivity index (χ2v) is 7.17. The molecule has 148 valence electrons. The zero-order valence-electron chi connectivity index (χ0n) is 16.5. The van der Waals surface area contributed by atoms with Crippen molar-refractivity contribution in [3.05, 3.63) is 60.7 Å². The first kappa shape index (κ1) is 18.8. The predicted molar refractivity (Wildman–Crippen MR) is 111 cm³/mol. The zero-order chi connectivity index (χ0) is 20.2. The van der Waals surface area contributed by atoms with Gasteiger partial charge < -0.3 is 9.47 Å². The van der Waals surface area contributed by atoms with Crippen molar-refractivity contribution in [3.8, 4) is 11.5 Å². The molecule has 0 spiro atoms. The molecule has 0 fully saturated rings. The fraction of sp³-hybridized carbons (Fsp3) is 0.286. The minimum absolute atomic E-state index is 0.167. The Morgan fingerprint density at radius 2 is 2.00 bits per heavy atom. The van der Waals surface area contributed by atoms with Crippen molar-refractivity contribution >= 4 is 17.4 Å². The maximum Gasteiger partial charge on any atom is 0.323 e. The number of aromatic nitrogens is 5. The molecule has 0 aliphatic carbocycles. The SMILES string of the molecule is CC(C)n1cnnc1-c1cccc(NC(=O)N2CCC=C(c3ccncc3)C2)n1. The number of carbonyl (C=O) groups excluding carboxylic acids is 1. The quantitative estimate of drug-likeness (QED) is 0.736. The van der Waals surface area contributed by atoms with E-state index in [1.165, 1.54) is 0 Å². The van der Waals surface area contributed by atoms with Crippen LogP contribution >= 0.6 is 0 Å². The van der Waals surface area contributed by atoms with Gasteiger partial charge in [-0.25, -0.2) is 9.78 Å². The first-order valence-electron chi connectivity index (χ1n) is 9.64. The van der Waals surface area contributed by atoms with Crippen LogP contribution in [-0.2, 0) is 0 Å². The van der Waals surface area contributed by atoms with Gasteiger partial charge in [-0.2, -0.15) is 0 Å². The number of pyridine rings is 2. The van der Waals surface area contributed by atoms with E-state index in [4.69, 9.17) is 0 Å². The Kier molecular flexibility index (Phi) is 5.33. The van der Waals surface area contributed by atoms with Crippen LogP contribution in [0.1, 0.15) is 31.9 Å². The number of rotatable bonds is 4. The second-order valence-electron chi connectivity index (χ2n) is 7.17. The number of amides is 2. The van der Waals surface area contributed by atoms with E-state index in [-0.39, 0.29) is 12.1 Å². The highest BCUT2D eigenvalue weighted by Gasteiger charge is 2.20. The van der Waals surface area contributed by atoms with Crippen LogP contribution in [0.25, 0.3) is 17.1 Å². The molecule has 0 aromatic carbocycles. The van der Waals surface area contributed by atoms with Crippen LogP contribution in [0.5, 0.6) is 0 Å². The first-order valence-corrected chi connectivity index (χ1v) is 9.64. The molecule has 1 aliphatic rings. The lowest BCUT2D eigenvalue weighted by molar-refractivity contribution is 0.217. The predicted octanol–water partition coefficient (Wildman–Crippen LogP) is 3.64. The molecule has 8 nitrogen and oxygen atoms in total. The van der Waals surface area contributed by atoms with Gasteiger partial charge in [0.1, 0.15) is 17.8 Å². The maximum absolute atomic E-state index is 12.8. The summed E-state index contributed by atoms with van der Waals surface area (Å²) < 4.78 is 1.95. The zero-order valence-corrected chi connectivity index (χ0v) is 16.5. The summed E-state index contributed by atoms with van der Waals surface area (Å²) in [4.78, 5) is 23.2. The molecule has 1 N–H and O–H groups in total. The third-order valence-electron chi connectivity index (χ3n) is 4.83. The topological polar surface area (TPSA) is 88.8 Å². The number of nitrogens with zero attached hydrogens (tertiary/aromatic N) is 6. The molecule has 2 amide bonds. The number of hydrogen-bond donors (Lipinski definition) is 1. The van der Waals surface area contributed by atoms with E-state index in [1.807, 2.05) is 28.8 Å². The Labute approximate surface area is 169 Å². The van der Waals surface area contributed by atoms with Crippen LogP contribution in [0, 0.1) is 0 Å². The summed E-state index contributed by atoms with van der Waals surface area (Å²) in [5.74, 6) is 1.17. The number of anilines is 1. The van der Waals surface area contributed by atoms with E-state index in [1.54, 1.807) is 29.7 Å². The minimum atomic E-state index is -0.167. The van der Waals surface area contributed by atoms with Gasteiger partial charge in [0.2, 0.25) is 0 Å². The van der Waals surface area contributed by atoms with Crippen molar-refractivity contribution in [3.63, 3.8) is 0 Å². The van der Waals surface area contributed by atoms with E-state index in [9.17, 15) is 4.79 Å². The Bertz CT molecular complexity index is 1030. The summed E-state index contributed by atoms with van der Waals surface area (Å²) in [5.41, 5.74) is 2.89. The minimum Gasteiger partial charge on any atom is -0.320 e. The van der Waals surface area contributed by atoms with Crippen molar-refractivity contribution in [2.45, 2.75) is 26.3 Å². The first-order chi connectivity index (χ1) is 14.1. The molecule has 3 aromatic heterocycles. The average molecular weight is 389 g/mol. The number of hydrogen-bond acceptors (Lipinski definition) is 5. The lowest BCUT2D eigenvalue weighted by atomic mass is 10.0. The molecule has 8 heteroatoms. The summed E-state index contributed by atoms with van der Waals surface area (Å²) in [6, 6.07) is 9.47. The second kappa shape index (κ2) is 8.22. The van der Waals surface area contributed by atoms with Gasteiger partial charge >= 0.3 is 6.03 Å². The summed E-state index contributed by atoms with van der Waals surface area (Å²) in [5, 5.41) is 11.1. The molecule has 0 bridgehead atoms. The Balaban J connectivity index is 1.48. The molecule has 0 unspecified atom stereocenters. The standard InChI is InChI=1S/C21H23N7O/c1-15(2)28-14-23-26-20(28)18-6-3-7-19(24-18)25-21(29)27-12-4-5-17(13-27)16-8-10-22-11-9-16/h3,5-11,14-15H,4,12-13H2,1-2H3,(H,24,25,29). The maximum atomic E-state index is 12.8. The molecule has 4 rings (SSSR count). The Morgan fingerprint density at radius 1 is 1.17 bits per heavy atom. The average Bonchev–Trinajstić information content (AvgIpc) is 3.25. The van der Waals surface area contributed by atoms with Crippen molar-refractivity contribution in [1.29, 1.82) is 0 Å². The molecular weight excluding hydrogens is 366 g/mol. The summed E-state index contributed by atoms with van der Waals surface area (Å²) in [6.07, 6.45) is 8.21.